The van der Waals surface area contributed by atoms with Crippen molar-refractivity contribution in [2.75, 3.05) is 6.61 Å². The van der Waals surface area contributed by atoms with Gasteiger partial charge in [0.2, 0.25) is 5.88 Å². The van der Waals surface area contributed by atoms with Crippen molar-refractivity contribution in [2.24, 2.45) is 16.0 Å². The molecular formula is C21H24N4O3. The second-order valence-corrected chi connectivity index (χ2v) is 7.50. The maximum absolute atomic E-state index is 10.9. The Kier molecular flexibility index (Phi) is 5.35. The van der Waals surface area contributed by atoms with Gasteiger partial charge in [0.15, 0.2) is 5.69 Å². The minimum Gasteiger partial charge on any atom is -0.493 e. The largest absolute Gasteiger partial charge is 0.493 e. The summed E-state index contributed by atoms with van der Waals surface area (Å²) in [7, 11) is 0. The number of fused-ring (bicyclic) bond motifs is 1. The summed E-state index contributed by atoms with van der Waals surface area (Å²) in [6.07, 6.45) is 0. The van der Waals surface area contributed by atoms with Crippen molar-refractivity contribution in [3.8, 4) is 11.6 Å². The Morgan fingerprint density at radius 2 is 1.82 bits per heavy atom. The average Bonchev–Trinajstić information content (AvgIpc) is 2.91. The lowest BCUT2D eigenvalue weighted by molar-refractivity contribution is 0.255. The van der Waals surface area contributed by atoms with E-state index >= 15 is 0 Å². The second kappa shape index (κ2) is 7.72. The molecule has 2 amide bonds. The summed E-state index contributed by atoms with van der Waals surface area (Å²) in [6.45, 7) is 7.24. The molecule has 0 bridgehead atoms. The number of aromatic nitrogens is 1. The minimum absolute atomic E-state index is 0.0853. The lowest BCUT2D eigenvalue weighted by Crippen LogP contribution is -2.11. The molecule has 7 nitrogen and oxygen atoms in total. The summed E-state index contributed by atoms with van der Waals surface area (Å²) in [5.74, 6) is 0.676. The molecule has 3 N–H and O–H groups in total. The molecule has 0 fully saturated rings. The molecule has 0 aliphatic heterocycles. The van der Waals surface area contributed by atoms with E-state index in [2.05, 4.69) is 43.1 Å². The first kappa shape index (κ1) is 19.4. The molecule has 0 unspecified atom stereocenters. The van der Waals surface area contributed by atoms with Crippen LogP contribution in [-0.4, -0.2) is 22.3 Å². The number of aromatic hydroxyl groups is 1. The SMILES string of the molecule is CC(C)(C)c1ccc(OCCn2c(O)c(N=NC(N)=O)c3ccccc32)cc1. The topological polar surface area (TPSA) is 102 Å². The highest BCUT2D eigenvalue weighted by Gasteiger charge is 2.17. The molecule has 146 valence electrons. The van der Waals surface area contributed by atoms with E-state index in [1.807, 2.05) is 30.3 Å². The van der Waals surface area contributed by atoms with Crippen LogP contribution in [0.3, 0.4) is 0 Å². The van der Waals surface area contributed by atoms with Crippen molar-refractivity contribution in [3.63, 3.8) is 0 Å². The number of benzene rings is 2. The Bertz CT molecular complexity index is 1010. The number of carbonyl (C=O) groups excluding carboxylic acids is 1. The zero-order chi connectivity index (χ0) is 20.3. The predicted molar refractivity (Wildman–Crippen MR) is 108 cm³/mol. The third-order valence-corrected chi connectivity index (χ3v) is 4.47. The molecule has 3 rings (SSSR count). The van der Waals surface area contributed by atoms with Crippen molar-refractivity contribution in [3.05, 3.63) is 54.1 Å². The van der Waals surface area contributed by atoms with Gasteiger partial charge >= 0.3 is 6.03 Å². The Morgan fingerprint density at radius 1 is 1.14 bits per heavy atom. The molecule has 7 heteroatoms. The number of primary amides is 1. The molecular weight excluding hydrogens is 356 g/mol. The van der Waals surface area contributed by atoms with Crippen LogP contribution in [0, 0.1) is 0 Å². The highest BCUT2D eigenvalue weighted by molar-refractivity contribution is 5.95. The van der Waals surface area contributed by atoms with E-state index in [4.69, 9.17) is 10.5 Å². The van der Waals surface area contributed by atoms with Gasteiger partial charge in [0.25, 0.3) is 0 Å². The number of para-hydroxylation sites is 1. The van der Waals surface area contributed by atoms with Gasteiger partial charge in [0.1, 0.15) is 12.4 Å². The van der Waals surface area contributed by atoms with Crippen LogP contribution in [0.1, 0.15) is 26.3 Å². The standard InChI is InChI=1S/C21H24N4O3/c1-21(2,3)14-8-10-15(11-9-14)28-13-12-25-17-7-5-4-6-16(17)18(19(25)26)23-24-20(22)27/h4-11,26H,12-13H2,1-3H3,(H2,22,27). The van der Waals surface area contributed by atoms with Gasteiger partial charge in [-0.15, -0.1) is 5.11 Å². The van der Waals surface area contributed by atoms with Crippen LogP contribution in [-0.2, 0) is 12.0 Å². The Balaban J connectivity index is 1.77. The average molecular weight is 380 g/mol. The van der Waals surface area contributed by atoms with E-state index in [-0.39, 0.29) is 17.0 Å². The number of amides is 2. The van der Waals surface area contributed by atoms with Gasteiger partial charge in [-0.2, -0.15) is 0 Å². The van der Waals surface area contributed by atoms with Gasteiger partial charge < -0.3 is 20.1 Å². The summed E-state index contributed by atoms with van der Waals surface area (Å²) in [6, 6.07) is 14.4. The molecule has 0 aliphatic carbocycles. The second-order valence-electron chi connectivity index (χ2n) is 7.50. The maximum atomic E-state index is 10.9. The minimum atomic E-state index is -0.918. The smallest absolute Gasteiger partial charge is 0.356 e. The lowest BCUT2D eigenvalue weighted by Gasteiger charge is -2.19. The van der Waals surface area contributed by atoms with Gasteiger partial charge in [-0.3, -0.25) is 0 Å². The van der Waals surface area contributed by atoms with E-state index in [1.54, 1.807) is 10.6 Å². The molecule has 1 heterocycles. The summed E-state index contributed by atoms with van der Waals surface area (Å²) in [4.78, 5) is 10.9. The number of urea groups is 1. The zero-order valence-electron chi connectivity index (χ0n) is 16.2. The molecule has 2 aromatic carbocycles. The van der Waals surface area contributed by atoms with Crippen LogP contribution in [0.4, 0.5) is 10.5 Å². The summed E-state index contributed by atoms with van der Waals surface area (Å²) < 4.78 is 7.50. The number of hydrogen-bond donors (Lipinski definition) is 2. The number of hydrogen-bond acceptors (Lipinski definition) is 4. The molecule has 3 aromatic rings. The number of azo groups is 1. The van der Waals surface area contributed by atoms with Crippen LogP contribution >= 0.6 is 0 Å². The number of carbonyl (C=O) groups is 1. The summed E-state index contributed by atoms with van der Waals surface area (Å²) >= 11 is 0. The normalized spacial score (nSPS) is 12.0. The van der Waals surface area contributed by atoms with Crippen LogP contribution in [0.15, 0.2) is 58.8 Å². The van der Waals surface area contributed by atoms with Crippen molar-refractivity contribution >= 4 is 22.6 Å². The van der Waals surface area contributed by atoms with E-state index < -0.39 is 6.03 Å². The zero-order valence-corrected chi connectivity index (χ0v) is 16.2. The van der Waals surface area contributed by atoms with Crippen molar-refractivity contribution in [2.45, 2.75) is 32.7 Å². The van der Waals surface area contributed by atoms with E-state index in [0.717, 1.165) is 11.3 Å². The van der Waals surface area contributed by atoms with Crippen molar-refractivity contribution < 1.29 is 14.6 Å². The van der Waals surface area contributed by atoms with Crippen molar-refractivity contribution in [1.29, 1.82) is 0 Å². The first-order chi connectivity index (χ1) is 13.3. The highest BCUT2D eigenvalue weighted by Crippen LogP contribution is 2.38. The van der Waals surface area contributed by atoms with Gasteiger partial charge in [-0.25, -0.2) is 4.79 Å². The van der Waals surface area contributed by atoms with Crippen LogP contribution < -0.4 is 10.5 Å². The van der Waals surface area contributed by atoms with Crippen LogP contribution in [0.25, 0.3) is 10.9 Å². The Morgan fingerprint density at radius 3 is 2.46 bits per heavy atom. The fourth-order valence-electron chi connectivity index (χ4n) is 3.00. The summed E-state index contributed by atoms with van der Waals surface area (Å²) in [5.41, 5.74) is 7.32. The molecule has 1 aromatic heterocycles. The molecule has 0 radical (unpaired) electrons. The van der Waals surface area contributed by atoms with Gasteiger partial charge in [-0.1, -0.05) is 56.2 Å². The fraction of sp³-hybridized carbons (Fsp3) is 0.286. The first-order valence-corrected chi connectivity index (χ1v) is 9.02. The van der Waals surface area contributed by atoms with Gasteiger partial charge in [-0.05, 0) is 29.2 Å². The number of nitrogens with zero attached hydrogens (tertiary/aromatic N) is 3. The number of ether oxygens (including phenoxy) is 1. The monoisotopic (exact) mass is 380 g/mol. The predicted octanol–water partition coefficient (Wildman–Crippen LogP) is 4.89. The lowest BCUT2D eigenvalue weighted by atomic mass is 9.87. The number of nitrogens with two attached hydrogens (primary N) is 1. The van der Waals surface area contributed by atoms with E-state index in [0.29, 0.717) is 18.5 Å². The summed E-state index contributed by atoms with van der Waals surface area (Å²) in [5, 5.41) is 18.4. The van der Waals surface area contributed by atoms with Gasteiger partial charge in [0.05, 0.1) is 12.1 Å². The highest BCUT2D eigenvalue weighted by atomic mass is 16.5. The van der Waals surface area contributed by atoms with Crippen molar-refractivity contribution in [1.82, 2.24) is 4.57 Å². The Hall–Kier alpha value is -3.35. The molecule has 0 spiro atoms. The third-order valence-electron chi connectivity index (χ3n) is 4.47. The van der Waals surface area contributed by atoms with E-state index in [1.165, 1.54) is 5.56 Å². The molecule has 0 atom stereocenters. The quantitative estimate of drug-likeness (QED) is 0.616. The van der Waals surface area contributed by atoms with Crippen LogP contribution in [0.5, 0.6) is 11.6 Å². The van der Waals surface area contributed by atoms with Crippen LogP contribution in [0.2, 0.25) is 0 Å². The third kappa shape index (κ3) is 4.14. The Labute approximate surface area is 163 Å². The maximum Gasteiger partial charge on any atom is 0.356 e. The van der Waals surface area contributed by atoms with E-state index in [9.17, 15) is 9.90 Å². The first-order valence-electron chi connectivity index (χ1n) is 9.02. The fourth-order valence-corrected chi connectivity index (χ4v) is 3.00. The van der Waals surface area contributed by atoms with Gasteiger partial charge in [0, 0.05) is 5.39 Å². The molecule has 28 heavy (non-hydrogen) atoms. The number of rotatable bonds is 5. The molecule has 0 saturated heterocycles. The molecule has 0 aliphatic rings. The molecule has 0 saturated carbocycles.